The summed E-state index contributed by atoms with van der Waals surface area (Å²) in [5, 5.41) is 19.7. The van der Waals surface area contributed by atoms with Gasteiger partial charge in [-0.15, -0.1) is 0 Å². The fourth-order valence-corrected chi connectivity index (χ4v) is 5.13. The van der Waals surface area contributed by atoms with Crippen molar-refractivity contribution < 1.29 is 23.7 Å². The predicted octanol–water partition coefficient (Wildman–Crippen LogP) is 3.71. The van der Waals surface area contributed by atoms with Gasteiger partial charge in [-0.1, -0.05) is 6.42 Å². The van der Waals surface area contributed by atoms with Gasteiger partial charge in [0.05, 0.1) is 25.2 Å². The first-order valence-corrected chi connectivity index (χ1v) is 11.9. The number of rotatable bonds is 14. The molecule has 0 bridgehead atoms. The van der Waals surface area contributed by atoms with Crippen molar-refractivity contribution >= 4 is 20.5 Å². The summed E-state index contributed by atoms with van der Waals surface area (Å²) in [5.74, 6) is 0.117. The van der Waals surface area contributed by atoms with Crippen LogP contribution in [0.2, 0.25) is 0 Å². The van der Waals surface area contributed by atoms with E-state index in [0.717, 1.165) is 25.7 Å². The lowest BCUT2D eigenvalue weighted by atomic mass is 10.2. The number of likely N-dealkylation sites (tertiary alicyclic amines) is 1. The Hall–Kier alpha value is -1.46. The maximum absolute atomic E-state index is 12.5. The fraction of sp³-hybridized carbons (Fsp3) is 0.850. The van der Waals surface area contributed by atoms with Gasteiger partial charge < -0.3 is 24.4 Å². The lowest BCUT2D eigenvalue weighted by Crippen LogP contribution is -2.35. The highest BCUT2D eigenvalue weighted by molar-refractivity contribution is 7.44. The van der Waals surface area contributed by atoms with Gasteiger partial charge in [-0.05, 0) is 47.0 Å². The zero-order valence-electron chi connectivity index (χ0n) is 18.7. The van der Waals surface area contributed by atoms with E-state index in [1.54, 1.807) is 0 Å². The van der Waals surface area contributed by atoms with Gasteiger partial charge in [0.1, 0.15) is 0 Å². The van der Waals surface area contributed by atoms with Crippen LogP contribution in [0.1, 0.15) is 66.2 Å². The molecule has 172 valence electrons. The molecule has 1 fully saturated rings. The summed E-state index contributed by atoms with van der Waals surface area (Å²) in [4.78, 5) is 24.7. The van der Waals surface area contributed by atoms with Gasteiger partial charge in [-0.25, -0.2) is 9.46 Å². The van der Waals surface area contributed by atoms with Crippen molar-refractivity contribution in [2.45, 2.75) is 84.4 Å². The third-order valence-electron chi connectivity index (χ3n) is 4.74. The second-order valence-electron chi connectivity index (χ2n) is 7.95. The Bertz CT molecular complexity index is 562. The first-order chi connectivity index (χ1) is 14.3. The van der Waals surface area contributed by atoms with Crippen molar-refractivity contribution in [3.63, 3.8) is 0 Å². The average Bonchev–Trinajstić information content (AvgIpc) is 3.12. The minimum atomic E-state index is -1.30. The number of nitrogens with zero attached hydrogens (tertiary/aromatic N) is 3. The Labute approximate surface area is 181 Å². The smallest absolute Gasteiger partial charge is 0.404 e. The molecule has 1 rings (SSSR count). The molecule has 1 unspecified atom stereocenters. The first-order valence-electron chi connectivity index (χ1n) is 10.8. The molecule has 0 saturated carbocycles. The Morgan fingerprint density at radius 3 is 2.57 bits per heavy atom. The minimum Gasteiger partial charge on any atom is -0.465 e. The number of nitriles is 1. The molecular weight excluding hydrogens is 407 g/mol. The van der Waals surface area contributed by atoms with E-state index in [9.17, 15) is 9.59 Å². The van der Waals surface area contributed by atoms with Gasteiger partial charge in [-0.3, -0.25) is 4.79 Å². The number of amides is 2. The molecule has 0 radical (unpaired) electrons. The molecule has 1 aliphatic rings. The van der Waals surface area contributed by atoms with E-state index >= 15 is 0 Å². The monoisotopic (exact) mass is 444 g/mol. The van der Waals surface area contributed by atoms with Crippen molar-refractivity contribution in [1.29, 1.82) is 5.26 Å². The van der Waals surface area contributed by atoms with Crippen LogP contribution in [-0.2, 0) is 13.8 Å². The number of hydrogen-bond donors (Lipinski definition) is 2. The van der Waals surface area contributed by atoms with Crippen LogP contribution in [0.15, 0.2) is 0 Å². The molecule has 1 saturated heterocycles. The predicted molar refractivity (Wildman–Crippen MR) is 116 cm³/mol. The number of unbranched alkanes of at least 4 members (excludes halogenated alkanes) is 2. The molecule has 2 atom stereocenters. The Morgan fingerprint density at radius 2 is 1.97 bits per heavy atom. The Kier molecular flexibility index (Phi) is 12.9. The van der Waals surface area contributed by atoms with Crippen molar-refractivity contribution in [2.24, 2.45) is 0 Å². The van der Waals surface area contributed by atoms with Crippen LogP contribution in [0.4, 0.5) is 4.79 Å². The highest BCUT2D eigenvalue weighted by atomic mass is 31.2. The van der Waals surface area contributed by atoms with Crippen LogP contribution in [0.25, 0.3) is 0 Å². The summed E-state index contributed by atoms with van der Waals surface area (Å²) in [6.45, 7) is 10.4. The second kappa shape index (κ2) is 14.5. The van der Waals surface area contributed by atoms with Crippen LogP contribution < -0.4 is 5.32 Å². The van der Waals surface area contributed by atoms with Crippen LogP contribution in [0.5, 0.6) is 0 Å². The molecule has 9 nitrogen and oxygen atoms in total. The molecule has 0 aromatic rings. The number of carboxylic acid groups (broad SMARTS) is 1. The number of hydrogen-bond acceptors (Lipinski definition) is 6. The van der Waals surface area contributed by atoms with Crippen molar-refractivity contribution in [3.05, 3.63) is 0 Å². The molecule has 0 spiro atoms. The number of carbonyl (C=O) groups excluding carboxylic acids is 1. The zero-order valence-corrected chi connectivity index (χ0v) is 19.6. The topological polar surface area (TPSA) is 115 Å². The largest absolute Gasteiger partial charge is 0.465 e. The highest BCUT2D eigenvalue weighted by Gasteiger charge is 2.33. The quantitative estimate of drug-likeness (QED) is 0.310. The molecular formula is C20H37N4O5P. The first kappa shape index (κ1) is 26.6. The van der Waals surface area contributed by atoms with Crippen LogP contribution in [-0.4, -0.2) is 71.1 Å². The number of carbonyl (C=O) groups is 2. The summed E-state index contributed by atoms with van der Waals surface area (Å²) in [5.41, 5.74) is 0. The van der Waals surface area contributed by atoms with E-state index in [2.05, 4.69) is 43.8 Å². The maximum atomic E-state index is 12.5. The summed E-state index contributed by atoms with van der Waals surface area (Å²) in [7, 11) is -1.30. The molecule has 0 aromatic heterocycles. The molecule has 0 aromatic carbocycles. The third kappa shape index (κ3) is 10.0. The van der Waals surface area contributed by atoms with E-state index in [0.29, 0.717) is 39.1 Å². The van der Waals surface area contributed by atoms with Gasteiger partial charge in [-0.2, -0.15) is 5.26 Å². The van der Waals surface area contributed by atoms with Crippen LogP contribution >= 0.6 is 8.53 Å². The normalized spacial score (nSPS) is 17.5. The van der Waals surface area contributed by atoms with Crippen LogP contribution in [0, 0.1) is 11.3 Å². The third-order valence-corrected chi connectivity index (χ3v) is 6.93. The van der Waals surface area contributed by atoms with Gasteiger partial charge in [0.25, 0.3) is 8.53 Å². The standard InChI is InChI=1S/C20H37N4O5P/c1-16(2)24(17(3)4)30(28-14-8-11-21)29-18-10-13-23(15-18)19(25)9-6-5-7-12-22-20(26)27/h16-18,22H,5-10,12-15H2,1-4H3,(H,26,27)/t18-,30?/m1/s1. The van der Waals surface area contributed by atoms with Gasteiger partial charge in [0.15, 0.2) is 0 Å². The molecule has 1 heterocycles. The Morgan fingerprint density at radius 1 is 1.27 bits per heavy atom. The van der Waals surface area contributed by atoms with Crippen molar-refractivity contribution in [3.8, 4) is 6.07 Å². The fourth-order valence-electron chi connectivity index (χ4n) is 3.39. The SMILES string of the molecule is CC(C)N(C(C)C)P(OCCC#N)O[C@@H]1CCN(C(=O)CCCCCNC(=O)O)C1. The molecule has 2 amide bonds. The second-order valence-corrected chi connectivity index (χ2v) is 9.35. The highest BCUT2D eigenvalue weighted by Crippen LogP contribution is 2.48. The lowest BCUT2D eigenvalue weighted by molar-refractivity contribution is -0.130. The summed E-state index contributed by atoms with van der Waals surface area (Å²) < 4.78 is 14.4. The Balaban J connectivity index is 2.47. The molecule has 1 aliphatic heterocycles. The minimum absolute atomic E-state index is 0.0677. The van der Waals surface area contributed by atoms with E-state index < -0.39 is 14.6 Å². The summed E-state index contributed by atoms with van der Waals surface area (Å²) in [6.07, 6.45) is 2.78. The zero-order chi connectivity index (χ0) is 22.5. The molecule has 0 aliphatic carbocycles. The van der Waals surface area contributed by atoms with E-state index in [1.165, 1.54) is 0 Å². The van der Waals surface area contributed by atoms with Gasteiger partial charge in [0, 0.05) is 38.1 Å². The van der Waals surface area contributed by atoms with E-state index in [4.69, 9.17) is 19.4 Å². The lowest BCUT2D eigenvalue weighted by Gasteiger charge is -2.36. The molecule has 2 N–H and O–H groups in total. The van der Waals surface area contributed by atoms with Crippen LogP contribution in [0.3, 0.4) is 0 Å². The summed E-state index contributed by atoms with van der Waals surface area (Å²) in [6, 6.07) is 2.59. The molecule has 10 heteroatoms. The van der Waals surface area contributed by atoms with Gasteiger partial charge in [0.2, 0.25) is 5.91 Å². The number of nitrogens with one attached hydrogen (secondary N) is 1. The van der Waals surface area contributed by atoms with E-state index in [1.807, 2.05) is 4.90 Å². The van der Waals surface area contributed by atoms with Crippen molar-refractivity contribution in [2.75, 3.05) is 26.2 Å². The van der Waals surface area contributed by atoms with E-state index in [-0.39, 0.29) is 24.1 Å². The average molecular weight is 445 g/mol. The molecule has 30 heavy (non-hydrogen) atoms. The van der Waals surface area contributed by atoms with Crippen molar-refractivity contribution in [1.82, 2.24) is 14.9 Å². The van der Waals surface area contributed by atoms with Gasteiger partial charge >= 0.3 is 6.09 Å². The maximum Gasteiger partial charge on any atom is 0.404 e. The summed E-state index contributed by atoms with van der Waals surface area (Å²) >= 11 is 0.